The van der Waals surface area contributed by atoms with Gasteiger partial charge in [0.15, 0.2) is 11.9 Å². The minimum absolute atomic E-state index is 1.33. The summed E-state index contributed by atoms with van der Waals surface area (Å²) in [5, 5.41) is 5.45. The Hall–Kier alpha value is -1.89. The van der Waals surface area contributed by atoms with E-state index in [2.05, 4.69) is 68.9 Å². The number of aromatic nitrogens is 1. The lowest BCUT2D eigenvalue weighted by atomic mass is 9.95. The Morgan fingerprint density at radius 3 is 2.11 bits per heavy atom. The zero-order valence-electron chi connectivity index (χ0n) is 11.4. The van der Waals surface area contributed by atoms with E-state index in [1.807, 2.05) is 0 Å². The van der Waals surface area contributed by atoms with Crippen molar-refractivity contribution in [1.29, 1.82) is 0 Å². The average Bonchev–Trinajstić information content (AvgIpc) is 2.38. The number of pyridine rings is 1. The van der Waals surface area contributed by atoms with E-state index in [9.17, 15) is 0 Å². The highest BCUT2D eigenvalue weighted by Gasteiger charge is 2.12. The van der Waals surface area contributed by atoms with E-state index in [-0.39, 0.29) is 0 Å². The fraction of sp³-hybridized carbons (Fsp3) is 0.235. The summed E-state index contributed by atoms with van der Waals surface area (Å²) in [6.07, 6.45) is 2.13. The van der Waals surface area contributed by atoms with Crippen molar-refractivity contribution in [3.8, 4) is 0 Å². The summed E-state index contributed by atoms with van der Waals surface area (Å²) < 4.78 is 2.20. The molecule has 0 saturated heterocycles. The Labute approximate surface area is 108 Å². The Morgan fingerprint density at radius 1 is 0.778 bits per heavy atom. The molecule has 1 aromatic heterocycles. The van der Waals surface area contributed by atoms with Gasteiger partial charge in [0.1, 0.15) is 7.05 Å². The molecule has 18 heavy (non-hydrogen) atoms. The zero-order valence-corrected chi connectivity index (χ0v) is 11.4. The second kappa shape index (κ2) is 3.81. The van der Waals surface area contributed by atoms with Crippen LogP contribution in [0, 0.1) is 20.8 Å². The molecule has 90 valence electrons. The molecule has 1 heteroatoms. The molecular formula is C17H18N+. The van der Waals surface area contributed by atoms with Crippen LogP contribution in [0.5, 0.6) is 0 Å². The van der Waals surface area contributed by atoms with Gasteiger partial charge in [-0.2, -0.15) is 0 Å². The Balaban J connectivity index is 2.67. The van der Waals surface area contributed by atoms with Gasteiger partial charge < -0.3 is 0 Å². The molecular weight excluding hydrogens is 218 g/mol. The molecule has 0 aliphatic heterocycles. The van der Waals surface area contributed by atoms with Crippen LogP contribution in [-0.4, -0.2) is 0 Å². The van der Waals surface area contributed by atoms with E-state index in [1.165, 1.54) is 38.4 Å². The van der Waals surface area contributed by atoms with Gasteiger partial charge in [0, 0.05) is 13.0 Å². The van der Waals surface area contributed by atoms with E-state index in [4.69, 9.17) is 0 Å². The molecule has 0 atom stereocenters. The standard InChI is InChI=1S/C17H18N/c1-11-5-6-14-7-8-15-9-10-18(4)13(3)17(15)16(14)12(11)2/h5-10H,1-4H3/q+1. The molecule has 1 nitrogen and oxygen atoms in total. The fourth-order valence-corrected chi connectivity index (χ4v) is 2.72. The maximum Gasteiger partial charge on any atom is 0.186 e. The van der Waals surface area contributed by atoms with Crippen LogP contribution in [0.2, 0.25) is 0 Å². The monoisotopic (exact) mass is 236 g/mol. The van der Waals surface area contributed by atoms with Crippen molar-refractivity contribution >= 4 is 21.5 Å². The van der Waals surface area contributed by atoms with E-state index < -0.39 is 0 Å². The third-order valence-electron chi connectivity index (χ3n) is 4.12. The first-order valence-corrected chi connectivity index (χ1v) is 6.37. The highest BCUT2D eigenvalue weighted by atomic mass is 14.9. The van der Waals surface area contributed by atoms with Gasteiger partial charge in [0.2, 0.25) is 0 Å². The summed E-state index contributed by atoms with van der Waals surface area (Å²) in [5.41, 5.74) is 4.08. The molecule has 3 aromatic rings. The van der Waals surface area contributed by atoms with E-state index in [0.29, 0.717) is 0 Å². The minimum Gasteiger partial charge on any atom is -0.205 e. The summed E-state index contributed by atoms with van der Waals surface area (Å²) in [5.74, 6) is 0. The third-order valence-corrected chi connectivity index (χ3v) is 4.12. The number of aryl methyl sites for hydroxylation is 4. The van der Waals surface area contributed by atoms with Crippen molar-refractivity contribution in [3.63, 3.8) is 0 Å². The first-order chi connectivity index (χ1) is 8.59. The average molecular weight is 236 g/mol. The van der Waals surface area contributed by atoms with Gasteiger partial charge in [-0.25, -0.2) is 4.57 Å². The van der Waals surface area contributed by atoms with Crippen LogP contribution < -0.4 is 4.57 Å². The lowest BCUT2D eigenvalue weighted by Crippen LogP contribution is -2.31. The second-order valence-electron chi connectivity index (χ2n) is 5.15. The number of rotatable bonds is 0. The van der Waals surface area contributed by atoms with Crippen LogP contribution in [0.1, 0.15) is 16.8 Å². The van der Waals surface area contributed by atoms with Crippen LogP contribution in [0.25, 0.3) is 21.5 Å². The van der Waals surface area contributed by atoms with Gasteiger partial charge in [0.25, 0.3) is 0 Å². The Bertz CT molecular complexity index is 703. The van der Waals surface area contributed by atoms with Crippen molar-refractivity contribution in [1.82, 2.24) is 0 Å². The highest BCUT2D eigenvalue weighted by molar-refractivity contribution is 6.10. The predicted molar refractivity (Wildman–Crippen MR) is 76.8 cm³/mol. The summed E-state index contributed by atoms with van der Waals surface area (Å²) in [4.78, 5) is 0. The summed E-state index contributed by atoms with van der Waals surface area (Å²) >= 11 is 0. The smallest absolute Gasteiger partial charge is 0.186 e. The number of benzene rings is 2. The topological polar surface area (TPSA) is 3.88 Å². The number of hydrogen-bond donors (Lipinski definition) is 0. The Kier molecular flexibility index (Phi) is 2.37. The maximum absolute atomic E-state index is 2.23. The van der Waals surface area contributed by atoms with Crippen molar-refractivity contribution in [3.05, 3.63) is 53.3 Å². The molecule has 0 amide bonds. The van der Waals surface area contributed by atoms with E-state index >= 15 is 0 Å². The number of fused-ring (bicyclic) bond motifs is 3. The number of hydrogen-bond acceptors (Lipinski definition) is 0. The molecule has 1 heterocycles. The molecule has 0 aliphatic rings. The predicted octanol–water partition coefficient (Wildman–Crippen LogP) is 3.74. The maximum atomic E-state index is 2.23. The normalized spacial score (nSPS) is 11.3. The van der Waals surface area contributed by atoms with Crippen LogP contribution >= 0.6 is 0 Å². The van der Waals surface area contributed by atoms with E-state index in [1.54, 1.807) is 0 Å². The summed E-state index contributed by atoms with van der Waals surface area (Å²) in [7, 11) is 2.11. The van der Waals surface area contributed by atoms with E-state index in [0.717, 1.165) is 0 Å². The largest absolute Gasteiger partial charge is 0.205 e. The summed E-state index contributed by atoms with van der Waals surface area (Å²) in [6.45, 7) is 6.61. The molecule has 0 radical (unpaired) electrons. The van der Waals surface area contributed by atoms with Gasteiger partial charge >= 0.3 is 0 Å². The quantitative estimate of drug-likeness (QED) is 0.413. The lowest BCUT2D eigenvalue weighted by molar-refractivity contribution is -0.676. The van der Waals surface area contributed by atoms with Crippen LogP contribution in [-0.2, 0) is 7.05 Å². The third kappa shape index (κ3) is 1.43. The van der Waals surface area contributed by atoms with Crippen LogP contribution in [0.4, 0.5) is 0 Å². The zero-order chi connectivity index (χ0) is 12.9. The molecule has 2 aromatic carbocycles. The molecule has 0 N–H and O–H groups in total. The molecule has 0 spiro atoms. The fourth-order valence-electron chi connectivity index (χ4n) is 2.72. The highest BCUT2D eigenvalue weighted by Crippen LogP contribution is 2.30. The van der Waals surface area contributed by atoms with Crippen molar-refractivity contribution in [2.24, 2.45) is 7.05 Å². The van der Waals surface area contributed by atoms with Gasteiger partial charge in [-0.05, 0) is 41.1 Å². The first-order valence-electron chi connectivity index (χ1n) is 6.37. The molecule has 0 bridgehead atoms. The van der Waals surface area contributed by atoms with Crippen molar-refractivity contribution < 1.29 is 4.57 Å². The van der Waals surface area contributed by atoms with Crippen molar-refractivity contribution in [2.75, 3.05) is 0 Å². The molecule has 0 aliphatic carbocycles. The van der Waals surface area contributed by atoms with Gasteiger partial charge in [0.05, 0.1) is 5.39 Å². The molecule has 0 fully saturated rings. The van der Waals surface area contributed by atoms with Crippen LogP contribution in [0.3, 0.4) is 0 Å². The van der Waals surface area contributed by atoms with Gasteiger partial charge in [-0.3, -0.25) is 0 Å². The second-order valence-corrected chi connectivity index (χ2v) is 5.15. The molecule has 0 saturated carbocycles. The summed E-state index contributed by atoms with van der Waals surface area (Å²) in [6, 6.07) is 11.1. The SMILES string of the molecule is Cc1ccc2ccc3cc[n+](C)c(C)c3c2c1C. The first kappa shape index (κ1) is 11.2. The van der Waals surface area contributed by atoms with Gasteiger partial charge in [-0.15, -0.1) is 0 Å². The van der Waals surface area contributed by atoms with Crippen LogP contribution in [0.15, 0.2) is 36.5 Å². The molecule has 0 unspecified atom stereocenters. The number of nitrogens with zero attached hydrogens (tertiary/aromatic N) is 1. The lowest BCUT2D eigenvalue weighted by Gasteiger charge is -2.10. The molecule has 3 rings (SSSR count). The van der Waals surface area contributed by atoms with Gasteiger partial charge in [-0.1, -0.05) is 24.3 Å². The minimum atomic E-state index is 1.33. The Morgan fingerprint density at radius 2 is 1.39 bits per heavy atom. The van der Waals surface area contributed by atoms with Crippen molar-refractivity contribution in [2.45, 2.75) is 20.8 Å².